The summed E-state index contributed by atoms with van der Waals surface area (Å²) in [6.45, 7) is 2.70. The fourth-order valence-corrected chi connectivity index (χ4v) is 3.09. The summed E-state index contributed by atoms with van der Waals surface area (Å²) < 4.78 is 16.4. The van der Waals surface area contributed by atoms with Crippen LogP contribution >= 0.6 is 23.2 Å². The number of halogens is 2. The molecule has 1 saturated heterocycles. The fourth-order valence-electron chi connectivity index (χ4n) is 2.66. The van der Waals surface area contributed by atoms with Crippen LogP contribution in [-0.2, 0) is 14.3 Å². The van der Waals surface area contributed by atoms with Crippen molar-refractivity contribution in [1.29, 1.82) is 0 Å². The zero-order valence-electron chi connectivity index (χ0n) is 15.7. The van der Waals surface area contributed by atoms with Gasteiger partial charge in [-0.3, -0.25) is 4.79 Å². The van der Waals surface area contributed by atoms with Crippen molar-refractivity contribution in [2.45, 2.75) is 32.0 Å². The molecule has 1 N–H and O–H groups in total. The number of esters is 1. The number of carbonyl (C=O) groups is 2. The van der Waals surface area contributed by atoms with E-state index in [0.29, 0.717) is 22.9 Å². The molecule has 1 aliphatic heterocycles. The number of ether oxygens (including phenoxy) is 3. The van der Waals surface area contributed by atoms with Gasteiger partial charge in [0.05, 0.1) is 21.7 Å². The van der Waals surface area contributed by atoms with E-state index in [1.165, 1.54) is 19.2 Å². The third kappa shape index (κ3) is 6.06. The molecular formula is C20H20Cl2N2O5. The van der Waals surface area contributed by atoms with Crippen molar-refractivity contribution in [3.8, 4) is 5.75 Å². The molecule has 0 bridgehead atoms. The maximum absolute atomic E-state index is 12.3. The molecule has 1 aromatic heterocycles. The Hall–Kier alpha value is -2.35. The van der Waals surface area contributed by atoms with E-state index >= 15 is 0 Å². The van der Waals surface area contributed by atoms with Crippen molar-refractivity contribution in [3.05, 3.63) is 52.1 Å². The second-order valence-electron chi connectivity index (χ2n) is 6.49. The first-order valence-corrected chi connectivity index (χ1v) is 9.85. The Morgan fingerprint density at radius 2 is 2.07 bits per heavy atom. The van der Waals surface area contributed by atoms with Crippen molar-refractivity contribution in [2.75, 3.05) is 18.5 Å². The highest BCUT2D eigenvalue weighted by Crippen LogP contribution is 2.23. The summed E-state index contributed by atoms with van der Waals surface area (Å²) in [7, 11) is 0. The first-order valence-electron chi connectivity index (χ1n) is 9.09. The van der Waals surface area contributed by atoms with E-state index in [2.05, 4.69) is 10.3 Å². The minimum absolute atomic E-state index is 0.114. The zero-order valence-corrected chi connectivity index (χ0v) is 17.2. The predicted molar refractivity (Wildman–Crippen MR) is 109 cm³/mol. The maximum Gasteiger partial charge on any atom is 0.338 e. The van der Waals surface area contributed by atoms with Crippen molar-refractivity contribution in [2.24, 2.45) is 0 Å². The Balaban J connectivity index is 1.51. The standard InChI is InChI=1S/C20H20Cl2N2O5/c1-12(19(25)24-18-17(22)9-14(21)10-23-18)29-20(26)13-4-6-15(7-5-13)28-11-16-3-2-8-27-16/h4-7,9-10,12,16H,2-3,8,11H2,1H3,(H,23,24,25)/t12-,16+/m0/s1. The summed E-state index contributed by atoms with van der Waals surface area (Å²) in [5.41, 5.74) is 0.303. The molecule has 29 heavy (non-hydrogen) atoms. The number of rotatable bonds is 7. The van der Waals surface area contributed by atoms with Gasteiger partial charge in [-0.1, -0.05) is 23.2 Å². The van der Waals surface area contributed by atoms with Gasteiger partial charge in [0.1, 0.15) is 12.4 Å². The number of hydrogen-bond donors (Lipinski definition) is 1. The third-order valence-electron chi connectivity index (χ3n) is 4.25. The van der Waals surface area contributed by atoms with E-state index in [1.54, 1.807) is 24.3 Å². The molecule has 154 valence electrons. The average molecular weight is 439 g/mol. The predicted octanol–water partition coefficient (Wildman–Crippen LogP) is 4.13. The Kier molecular flexibility index (Phi) is 7.30. The molecule has 0 aliphatic carbocycles. The highest BCUT2D eigenvalue weighted by molar-refractivity contribution is 6.36. The van der Waals surface area contributed by atoms with Crippen molar-refractivity contribution in [1.82, 2.24) is 4.98 Å². The van der Waals surface area contributed by atoms with Crippen LogP contribution in [0.3, 0.4) is 0 Å². The monoisotopic (exact) mass is 438 g/mol. The number of amides is 1. The lowest BCUT2D eigenvalue weighted by atomic mass is 10.2. The first kappa shape index (κ1) is 21.4. The van der Waals surface area contributed by atoms with Crippen LogP contribution in [0.5, 0.6) is 5.75 Å². The first-order chi connectivity index (χ1) is 13.9. The van der Waals surface area contributed by atoms with Crippen LogP contribution in [-0.4, -0.2) is 42.3 Å². The normalized spacial score (nSPS) is 16.9. The van der Waals surface area contributed by atoms with E-state index in [0.717, 1.165) is 19.4 Å². The SMILES string of the molecule is C[C@H](OC(=O)c1ccc(OC[C@H]2CCCO2)cc1)C(=O)Nc1ncc(Cl)cc1Cl. The van der Waals surface area contributed by atoms with Crippen LogP contribution < -0.4 is 10.1 Å². The van der Waals surface area contributed by atoms with Crippen molar-refractivity contribution < 1.29 is 23.8 Å². The van der Waals surface area contributed by atoms with Gasteiger partial charge in [-0.2, -0.15) is 0 Å². The molecule has 0 saturated carbocycles. The molecule has 2 aromatic rings. The number of nitrogens with zero attached hydrogens (tertiary/aromatic N) is 1. The van der Waals surface area contributed by atoms with Gasteiger partial charge in [0.15, 0.2) is 11.9 Å². The number of anilines is 1. The van der Waals surface area contributed by atoms with Crippen LogP contribution in [0.2, 0.25) is 10.0 Å². The van der Waals surface area contributed by atoms with Crippen molar-refractivity contribution in [3.63, 3.8) is 0 Å². The number of nitrogens with one attached hydrogen (secondary N) is 1. The van der Waals surface area contributed by atoms with Crippen LogP contribution in [0, 0.1) is 0 Å². The summed E-state index contributed by atoms with van der Waals surface area (Å²) in [5, 5.41) is 3.02. The lowest BCUT2D eigenvalue weighted by Gasteiger charge is -2.14. The molecule has 1 aliphatic rings. The Morgan fingerprint density at radius 3 is 2.72 bits per heavy atom. The van der Waals surface area contributed by atoms with Crippen LogP contribution in [0.15, 0.2) is 36.5 Å². The molecule has 1 fully saturated rings. The van der Waals surface area contributed by atoms with Crippen LogP contribution in [0.25, 0.3) is 0 Å². The van der Waals surface area contributed by atoms with Crippen molar-refractivity contribution >= 4 is 40.9 Å². The Bertz CT molecular complexity index is 870. The largest absolute Gasteiger partial charge is 0.491 e. The van der Waals surface area contributed by atoms with Gasteiger partial charge in [-0.05, 0) is 50.1 Å². The van der Waals surface area contributed by atoms with Gasteiger partial charge in [0, 0.05) is 12.8 Å². The van der Waals surface area contributed by atoms with E-state index in [4.69, 9.17) is 37.4 Å². The topological polar surface area (TPSA) is 86.8 Å². The van der Waals surface area contributed by atoms with Gasteiger partial charge in [-0.25, -0.2) is 9.78 Å². The zero-order chi connectivity index (χ0) is 20.8. The summed E-state index contributed by atoms with van der Waals surface area (Å²) in [6, 6.07) is 7.96. The lowest BCUT2D eigenvalue weighted by molar-refractivity contribution is -0.123. The fraction of sp³-hybridized carbons (Fsp3) is 0.350. The van der Waals surface area contributed by atoms with Crippen LogP contribution in [0.1, 0.15) is 30.1 Å². The molecular weight excluding hydrogens is 419 g/mol. The summed E-state index contributed by atoms with van der Waals surface area (Å²) in [5.74, 6) is -0.428. The number of aromatic nitrogens is 1. The van der Waals surface area contributed by atoms with E-state index < -0.39 is 18.0 Å². The molecule has 2 atom stereocenters. The maximum atomic E-state index is 12.3. The number of carbonyl (C=O) groups excluding carboxylic acids is 2. The molecule has 0 unspecified atom stereocenters. The molecule has 2 heterocycles. The smallest absolute Gasteiger partial charge is 0.338 e. The molecule has 1 aromatic carbocycles. The average Bonchev–Trinajstić information content (AvgIpc) is 3.22. The quantitative estimate of drug-likeness (QED) is 0.653. The molecule has 0 spiro atoms. The number of hydrogen-bond acceptors (Lipinski definition) is 6. The molecule has 9 heteroatoms. The summed E-state index contributed by atoms with van der Waals surface area (Å²) in [6.07, 6.45) is 2.45. The molecule has 0 radical (unpaired) electrons. The second kappa shape index (κ2) is 9.91. The van der Waals surface area contributed by atoms with Crippen LogP contribution in [0.4, 0.5) is 5.82 Å². The van der Waals surface area contributed by atoms with Gasteiger partial charge < -0.3 is 19.5 Å². The van der Waals surface area contributed by atoms with Gasteiger partial charge in [0.25, 0.3) is 5.91 Å². The summed E-state index contributed by atoms with van der Waals surface area (Å²) >= 11 is 11.7. The van der Waals surface area contributed by atoms with Gasteiger partial charge in [-0.15, -0.1) is 0 Å². The summed E-state index contributed by atoms with van der Waals surface area (Å²) in [4.78, 5) is 28.4. The third-order valence-corrected chi connectivity index (χ3v) is 4.75. The highest BCUT2D eigenvalue weighted by atomic mass is 35.5. The minimum Gasteiger partial charge on any atom is -0.491 e. The van der Waals surface area contributed by atoms with Gasteiger partial charge >= 0.3 is 5.97 Å². The van der Waals surface area contributed by atoms with Gasteiger partial charge in [0.2, 0.25) is 0 Å². The number of benzene rings is 1. The minimum atomic E-state index is -1.05. The Morgan fingerprint density at radius 1 is 1.31 bits per heavy atom. The highest BCUT2D eigenvalue weighted by Gasteiger charge is 2.21. The molecule has 1 amide bonds. The number of pyridine rings is 1. The van der Waals surface area contributed by atoms with E-state index in [1.807, 2.05) is 0 Å². The van der Waals surface area contributed by atoms with E-state index in [-0.39, 0.29) is 16.9 Å². The molecule has 7 nitrogen and oxygen atoms in total. The lowest BCUT2D eigenvalue weighted by Crippen LogP contribution is -2.30. The van der Waals surface area contributed by atoms with E-state index in [9.17, 15) is 9.59 Å². The Labute approximate surface area is 178 Å². The molecule has 3 rings (SSSR count). The second-order valence-corrected chi connectivity index (χ2v) is 7.33.